The van der Waals surface area contributed by atoms with Gasteiger partial charge in [-0.25, -0.2) is 18.2 Å². The molecule has 4 rings (SSSR count). The van der Waals surface area contributed by atoms with Crippen LogP contribution >= 0.6 is 0 Å². The second kappa shape index (κ2) is 11.4. The van der Waals surface area contributed by atoms with Crippen LogP contribution in [0.4, 0.5) is 18.9 Å². The van der Waals surface area contributed by atoms with Crippen molar-refractivity contribution in [2.75, 3.05) is 24.6 Å². The Labute approximate surface area is 225 Å². The van der Waals surface area contributed by atoms with E-state index in [1.54, 1.807) is 39.2 Å². The third-order valence-electron chi connectivity index (χ3n) is 7.14. The van der Waals surface area contributed by atoms with Gasteiger partial charge in [-0.2, -0.15) is 0 Å². The number of ether oxygens (including phenoxy) is 1. The molecule has 3 aromatic rings. The number of rotatable bonds is 8. The number of hydrogen-bond acceptors (Lipinski definition) is 7. The van der Waals surface area contributed by atoms with Gasteiger partial charge in [-0.1, -0.05) is 6.92 Å². The number of nitrogens with two attached hydrogens (primary N) is 1. The van der Waals surface area contributed by atoms with Crippen LogP contribution in [0, 0.1) is 23.4 Å². The number of nitrogens with zero attached hydrogens (tertiary/aromatic N) is 3. The lowest BCUT2D eigenvalue weighted by Crippen LogP contribution is -2.55. The molecule has 0 unspecified atom stereocenters. The zero-order chi connectivity index (χ0) is 28.5. The highest BCUT2D eigenvalue weighted by Gasteiger charge is 2.32. The molecule has 1 saturated heterocycles. The molecule has 0 bridgehead atoms. The second-order valence-corrected chi connectivity index (χ2v) is 10.4. The van der Waals surface area contributed by atoms with Gasteiger partial charge >= 0.3 is 0 Å². The monoisotopic (exact) mass is 542 g/mol. The minimum Gasteiger partial charge on any atom is -0.391 e. The molecule has 0 amide bonds. The number of Topliss-reactive ketones (excluding diaryl/α,β-unsaturated/α-hetero) is 1. The Morgan fingerprint density at radius 3 is 2.49 bits per heavy atom. The van der Waals surface area contributed by atoms with Crippen molar-refractivity contribution in [3.05, 3.63) is 77.0 Å². The van der Waals surface area contributed by atoms with Crippen molar-refractivity contribution >= 4 is 11.5 Å². The van der Waals surface area contributed by atoms with Crippen LogP contribution in [0.3, 0.4) is 0 Å². The van der Waals surface area contributed by atoms with Gasteiger partial charge in [0.15, 0.2) is 5.78 Å². The van der Waals surface area contributed by atoms with E-state index >= 15 is 8.78 Å². The Balaban J connectivity index is 1.64. The summed E-state index contributed by atoms with van der Waals surface area (Å²) in [6.45, 7) is 8.28. The zero-order valence-electron chi connectivity index (χ0n) is 22.4. The number of anilines is 1. The SMILES string of the molecule is CCOC(C)(C)c1cc(F)c(-c2nc(C(=O)Cc3cnccc3N3C[C@@H](N)[C@H](O)[C@@H](C)C3)ccc2F)c(F)c1. The number of hydrogen-bond donors (Lipinski definition) is 2. The van der Waals surface area contributed by atoms with Gasteiger partial charge in [0.25, 0.3) is 0 Å². The molecule has 39 heavy (non-hydrogen) atoms. The molecule has 2 aromatic heterocycles. The molecule has 0 aliphatic carbocycles. The van der Waals surface area contributed by atoms with Gasteiger partial charge in [0, 0.05) is 61.7 Å². The van der Waals surface area contributed by atoms with Gasteiger partial charge in [0.2, 0.25) is 0 Å². The summed E-state index contributed by atoms with van der Waals surface area (Å²) in [5.41, 5.74) is 5.33. The predicted octanol–water partition coefficient (Wildman–Crippen LogP) is 4.40. The molecule has 1 aromatic carbocycles. The van der Waals surface area contributed by atoms with Gasteiger partial charge in [-0.3, -0.25) is 9.78 Å². The molecule has 3 N–H and O–H groups in total. The molecule has 0 saturated carbocycles. The van der Waals surface area contributed by atoms with Crippen molar-refractivity contribution < 1.29 is 27.8 Å². The standard InChI is InChI=1S/C29H33F3N4O3/c1-5-39-29(3,4)18-11-20(31)26(21(32)12-18)27-19(30)6-7-23(35-27)25(37)10-17-13-34-9-8-24(17)36-14-16(2)28(38)22(33)15-36/h6-9,11-13,16,22,28,38H,5,10,14-15,33H2,1-4H3/t16-,22+,28+/m0/s1. The molecule has 1 aliphatic rings. The molecular formula is C29H33F3N4O3. The molecule has 1 aliphatic heterocycles. The highest BCUT2D eigenvalue weighted by Crippen LogP contribution is 2.33. The molecule has 3 heterocycles. The Kier molecular flexibility index (Phi) is 8.39. The van der Waals surface area contributed by atoms with Gasteiger partial charge in [-0.15, -0.1) is 0 Å². The summed E-state index contributed by atoms with van der Waals surface area (Å²) in [5.74, 6) is -3.54. The summed E-state index contributed by atoms with van der Waals surface area (Å²) < 4.78 is 50.7. The summed E-state index contributed by atoms with van der Waals surface area (Å²) in [7, 11) is 0. The lowest BCUT2D eigenvalue weighted by atomic mass is 9.92. The van der Waals surface area contributed by atoms with Crippen LogP contribution in [0.25, 0.3) is 11.3 Å². The average Bonchev–Trinajstić information content (AvgIpc) is 2.87. The van der Waals surface area contributed by atoms with Gasteiger partial charge < -0.3 is 20.5 Å². The lowest BCUT2D eigenvalue weighted by molar-refractivity contribution is -0.0144. The van der Waals surface area contributed by atoms with Crippen LogP contribution < -0.4 is 10.6 Å². The van der Waals surface area contributed by atoms with Crippen LogP contribution in [0.5, 0.6) is 0 Å². The second-order valence-electron chi connectivity index (χ2n) is 10.4. The molecule has 0 radical (unpaired) electrons. The zero-order valence-corrected chi connectivity index (χ0v) is 22.4. The first-order chi connectivity index (χ1) is 18.4. The number of aromatic nitrogens is 2. The van der Waals surface area contributed by atoms with Crippen LogP contribution in [0.15, 0.2) is 42.7 Å². The van der Waals surface area contributed by atoms with Crippen molar-refractivity contribution in [1.82, 2.24) is 9.97 Å². The highest BCUT2D eigenvalue weighted by atomic mass is 19.1. The Morgan fingerprint density at radius 2 is 1.85 bits per heavy atom. The normalized spacial score (nSPS) is 19.8. The molecule has 10 heteroatoms. The molecule has 3 atom stereocenters. The Hall–Kier alpha value is -3.34. The van der Waals surface area contributed by atoms with Crippen molar-refractivity contribution in [3.8, 4) is 11.3 Å². The minimum absolute atomic E-state index is 0.0814. The Bertz CT molecular complexity index is 1330. The first-order valence-corrected chi connectivity index (χ1v) is 12.9. The van der Waals surface area contributed by atoms with E-state index < -0.39 is 52.2 Å². The van der Waals surface area contributed by atoms with E-state index in [-0.39, 0.29) is 23.6 Å². The van der Waals surface area contributed by atoms with E-state index in [0.29, 0.717) is 25.3 Å². The predicted molar refractivity (Wildman–Crippen MR) is 142 cm³/mol. The number of carbonyl (C=O) groups is 1. The van der Waals surface area contributed by atoms with Crippen molar-refractivity contribution in [2.24, 2.45) is 11.7 Å². The maximum atomic E-state index is 15.1. The summed E-state index contributed by atoms with van der Waals surface area (Å²) in [4.78, 5) is 23.4. The molecule has 0 spiro atoms. The van der Waals surface area contributed by atoms with E-state index in [9.17, 15) is 14.3 Å². The van der Waals surface area contributed by atoms with Crippen LogP contribution in [0.1, 0.15) is 49.3 Å². The average molecular weight is 543 g/mol. The van der Waals surface area contributed by atoms with E-state index in [4.69, 9.17) is 10.5 Å². The van der Waals surface area contributed by atoms with Crippen molar-refractivity contribution in [1.29, 1.82) is 0 Å². The van der Waals surface area contributed by atoms with Gasteiger partial charge in [-0.05, 0) is 56.7 Å². The summed E-state index contributed by atoms with van der Waals surface area (Å²) in [5, 5.41) is 10.2. The largest absolute Gasteiger partial charge is 0.391 e. The number of carbonyl (C=O) groups excluding carboxylic acids is 1. The van der Waals surface area contributed by atoms with E-state index in [1.165, 1.54) is 6.07 Å². The topological polar surface area (TPSA) is 102 Å². The maximum absolute atomic E-state index is 15.1. The third kappa shape index (κ3) is 5.98. The van der Waals surface area contributed by atoms with Gasteiger partial charge in [0.1, 0.15) is 28.8 Å². The maximum Gasteiger partial charge on any atom is 0.185 e. The van der Waals surface area contributed by atoms with Crippen LogP contribution in [-0.4, -0.2) is 52.7 Å². The number of piperidine rings is 1. The number of aliphatic hydroxyl groups excluding tert-OH is 1. The first-order valence-electron chi connectivity index (χ1n) is 12.9. The number of benzene rings is 1. The minimum atomic E-state index is -1.01. The summed E-state index contributed by atoms with van der Waals surface area (Å²) in [6.07, 6.45) is 2.39. The highest BCUT2D eigenvalue weighted by molar-refractivity contribution is 5.97. The number of halogens is 3. The fraction of sp³-hybridized carbons (Fsp3) is 0.414. The van der Waals surface area contributed by atoms with E-state index in [2.05, 4.69) is 9.97 Å². The number of aliphatic hydroxyl groups is 1. The van der Waals surface area contributed by atoms with Crippen molar-refractivity contribution in [3.63, 3.8) is 0 Å². The van der Waals surface area contributed by atoms with Gasteiger partial charge in [0.05, 0.1) is 17.3 Å². The molecule has 208 valence electrons. The summed E-state index contributed by atoms with van der Waals surface area (Å²) >= 11 is 0. The number of pyridine rings is 2. The summed E-state index contributed by atoms with van der Waals surface area (Å²) in [6, 6.07) is 5.65. The molecular weight excluding hydrogens is 509 g/mol. The lowest BCUT2D eigenvalue weighted by Gasteiger charge is -2.40. The van der Waals surface area contributed by atoms with Crippen LogP contribution in [0.2, 0.25) is 0 Å². The smallest absolute Gasteiger partial charge is 0.185 e. The first kappa shape index (κ1) is 28.7. The fourth-order valence-electron chi connectivity index (χ4n) is 5.00. The number of ketones is 1. The third-order valence-corrected chi connectivity index (χ3v) is 7.14. The molecule has 7 nitrogen and oxygen atoms in total. The quantitative estimate of drug-likeness (QED) is 0.407. The Morgan fingerprint density at radius 1 is 1.15 bits per heavy atom. The van der Waals surface area contributed by atoms with E-state index in [1.807, 2.05) is 11.8 Å². The van der Waals surface area contributed by atoms with Crippen molar-refractivity contribution in [2.45, 2.75) is 51.9 Å². The van der Waals surface area contributed by atoms with E-state index in [0.717, 1.165) is 23.9 Å². The fourth-order valence-corrected chi connectivity index (χ4v) is 5.00. The molecule has 1 fully saturated rings. The van der Waals surface area contributed by atoms with Crippen LogP contribution in [-0.2, 0) is 16.8 Å².